The van der Waals surface area contributed by atoms with Crippen LogP contribution in [0.3, 0.4) is 0 Å². The molecule has 0 saturated carbocycles. The van der Waals surface area contributed by atoms with Gasteiger partial charge in [-0.2, -0.15) is 4.31 Å². The lowest BCUT2D eigenvalue weighted by Crippen LogP contribution is -2.49. The van der Waals surface area contributed by atoms with E-state index >= 15 is 0 Å². The van der Waals surface area contributed by atoms with Crippen LogP contribution in [0.4, 0.5) is 5.69 Å². The van der Waals surface area contributed by atoms with Crippen LogP contribution in [0.25, 0.3) is 0 Å². The molecule has 146 valence electrons. The minimum atomic E-state index is -3.07. The average Bonchev–Trinajstić information content (AvgIpc) is 2.63. The van der Waals surface area contributed by atoms with Crippen LogP contribution in [0.2, 0.25) is 0 Å². The van der Waals surface area contributed by atoms with Crippen molar-refractivity contribution in [2.45, 2.75) is 0 Å². The monoisotopic (exact) mass is 382 g/mol. The maximum absolute atomic E-state index is 11.6. The molecule has 0 N–H and O–H groups in total. The smallest absolute Gasteiger partial charge is 0.211 e. The van der Waals surface area contributed by atoms with Crippen molar-refractivity contribution in [2.24, 2.45) is 0 Å². The molecule has 0 radical (unpaired) electrons. The highest BCUT2D eigenvalue weighted by Crippen LogP contribution is 2.28. The average molecular weight is 383 g/mol. The molecular formula is C18H30N4O3S. The van der Waals surface area contributed by atoms with Crippen LogP contribution < -0.4 is 9.64 Å². The minimum absolute atomic E-state index is 0.566. The van der Waals surface area contributed by atoms with Gasteiger partial charge in [0.15, 0.2) is 0 Å². The summed E-state index contributed by atoms with van der Waals surface area (Å²) >= 11 is 0. The molecule has 7 nitrogen and oxygen atoms in total. The van der Waals surface area contributed by atoms with E-state index in [1.165, 1.54) is 11.9 Å². The highest BCUT2D eigenvalue weighted by Gasteiger charge is 2.23. The van der Waals surface area contributed by atoms with Crippen molar-refractivity contribution in [3.8, 4) is 5.75 Å². The number of likely N-dealkylation sites (N-methyl/N-ethyl adjacent to an activating group) is 1. The van der Waals surface area contributed by atoms with Crippen LogP contribution in [0.15, 0.2) is 24.3 Å². The summed E-state index contributed by atoms with van der Waals surface area (Å²) < 4.78 is 30.8. The predicted molar refractivity (Wildman–Crippen MR) is 105 cm³/mol. The van der Waals surface area contributed by atoms with Gasteiger partial charge in [0, 0.05) is 58.9 Å². The molecule has 26 heavy (non-hydrogen) atoms. The minimum Gasteiger partial charge on any atom is -0.490 e. The van der Waals surface area contributed by atoms with Crippen LogP contribution in [-0.2, 0) is 10.0 Å². The number of anilines is 1. The van der Waals surface area contributed by atoms with Crippen LogP contribution in [-0.4, -0.2) is 101 Å². The zero-order valence-electron chi connectivity index (χ0n) is 15.8. The predicted octanol–water partition coefficient (Wildman–Crippen LogP) is 0.394. The summed E-state index contributed by atoms with van der Waals surface area (Å²) in [5.74, 6) is 0.937. The van der Waals surface area contributed by atoms with Gasteiger partial charge < -0.3 is 14.5 Å². The Bertz CT molecular complexity index is 681. The number of sulfonamides is 1. The number of rotatable bonds is 6. The quantitative estimate of drug-likeness (QED) is 0.710. The molecular weight excluding hydrogens is 352 g/mol. The lowest BCUT2D eigenvalue weighted by Gasteiger charge is -2.35. The van der Waals surface area contributed by atoms with E-state index in [1.807, 2.05) is 12.1 Å². The van der Waals surface area contributed by atoms with Crippen LogP contribution >= 0.6 is 0 Å². The van der Waals surface area contributed by atoms with Crippen molar-refractivity contribution in [3.63, 3.8) is 0 Å². The summed E-state index contributed by atoms with van der Waals surface area (Å²) in [4.78, 5) is 7.00. The Morgan fingerprint density at radius 2 is 1.62 bits per heavy atom. The van der Waals surface area contributed by atoms with Crippen molar-refractivity contribution in [3.05, 3.63) is 24.3 Å². The first-order chi connectivity index (χ1) is 12.4. The third kappa shape index (κ3) is 5.09. The van der Waals surface area contributed by atoms with E-state index in [-0.39, 0.29) is 0 Å². The molecule has 1 aromatic carbocycles. The Balaban J connectivity index is 1.48. The van der Waals surface area contributed by atoms with Gasteiger partial charge in [0.05, 0.1) is 11.9 Å². The zero-order chi connectivity index (χ0) is 18.6. The number of piperazine rings is 2. The molecule has 2 saturated heterocycles. The zero-order valence-corrected chi connectivity index (χ0v) is 16.6. The van der Waals surface area contributed by atoms with Crippen LogP contribution in [0.1, 0.15) is 0 Å². The summed E-state index contributed by atoms with van der Waals surface area (Å²) in [7, 11) is -0.912. The fraction of sp³-hybridized carbons (Fsp3) is 0.667. The summed E-state index contributed by atoms with van der Waals surface area (Å²) in [6.07, 6.45) is 1.28. The summed E-state index contributed by atoms with van der Waals surface area (Å²) in [6, 6.07) is 8.24. The SMILES string of the molecule is CN1CCN(c2ccccc2OCCN2CCN(S(C)(=O)=O)CC2)CC1. The highest BCUT2D eigenvalue weighted by atomic mass is 32.2. The standard InChI is InChI=1S/C18H30N4O3S/c1-19-7-11-21(12-8-19)17-5-3-4-6-18(17)25-16-15-20-9-13-22(14-10-20)26(2,23)24/h3-6H,7-16H2,1-2H3. The van der Waals surface area contributed by atoms with E-state index in [1.54, 1.807) is 4.31 Å². The molecule has 1 aromatic rings. The molecule has 0 amide bonds. The fourth-order valence-corrected chi connectivity index (χ4v) is 4.28. The van der Waals surface area contributed by atoms with E-state index in [2.05, 4.69) is 33.9 Å². The molecule has 0 bridgehead atoms. The van der Waals surface area contributed by atoms with Crippen molar-refractivity contribution in [1.82, 2.24) is 14.1 Å². The largest absolute Gasteiger partial charge is 0.490 e. The van der Waals surface area contributed by atoms with Crippen molar-refractivity contribution in [1.29, 1.82) is 0 Å². The molecule has 2 fully saturated rings. The number of nitrogens with zero attached hydrogens (tertiary/aromatic N) is 4. The molecule has 8 heteroatoms. The van der Waals surface area contributed by atoms with Gasteiger partial charge in [-0.05, 0) is 19.2 Å². The Morgan fingerprint density at radius 3 is 2.27 bits per heavy atom. The highest BCUT2D eigenvalue weighted by molar-refractivity contribution is 7.88. The summed E-state index contributed by atoms with van der Waals surface area (Å²) in [5.41, 5.74) is 1.17. The molecule has 0 aromatic heterocycles. The maximum Gasteiger partial charge on any atom is 0.211 e. The van der Waals surface area contributed by atoms with Gasteiger partial charge in [0.1, 0.15) is 12.4 Å². The normalized spacial score (nSPS) is 21.1. The van der Waals surface area contributed by atoms with Crippen molar-refractivity contribution >= 4 is 15.7 Å². The Labute approximate surface area is 157 Å². The van der Waals surface area contributed by atoms with Gasteiger partial charge in [-0.3, -0.25) is 4.90 Å². The third-order valence-electron chi connectivity index (χ3n) is 5.17. The first-order valence-corrected chi connectivity index (χ1v) is 11.1. The number of ether oxygens (including phenoxy) is 1. The lowest BCUT2D eigenvalue weighted by molar-refractivity contribution is 0.159. The Kier molecular flexibility index (Phi) is 6.39. The Morgan fingerprint density at radius 1 is 0.962 bits per heavy atom. The molecule has 0 unspecified atom stereocenters. The molecule has 3 rings (SSSR count). The van der Waals surface area contributed by atoms with E-state index in [0.29, 0.717) is 19.7 Å². The van der Waals surface area contributed by atoms with Crippen LogP contribution in [0.5, 0.6) is 5.75 Å². The van der Waals surface area contributed by atoms with Crippen molar-refractivity contribution in [2.75, 3.05) is 83.7 Å². The number of benzene rings is 1. The second-order valence-corrected chi connectivity index (χ2v) is 9.09. The molecule has 2 aliphatic rings. The Hall–Kier alpha value is -1.35. The molecule has 0 aliphatic carbocycles. The second-order valence-electron chi connectivity index (χ2n) is 7.11. The van der Waals surface area contributed by atoms with E-state index in [4.69, 9.17) is 4.74 Å². The molecule has 2 aliphatic heterocycles. The van der Waals surface area contributed by atoms with Crippen LogP contribution in [0, 0.1) is 0 Å². The van der Waals surface area contributed by atoms with E-state index < -0.39 is 10.0 Å². The maximum atomic E-state index is 11.6. The molecule has 2 heterocycles. The van der Waals surface area contributed by atoms with Gasteiger partial charge in [-0.15, -0.1) is 0 Å². The molecule has 0 spiro atoms. The van der Waals surface area contributed by atoms with Gasteiger partial charge in [0.25, 0.3) is 0 Å². The number of hydrogen-bond donors (Lipinski definition) is 0. The second kappa shape index (κ2) is 8.56. The number of para-hydroxylation sites is 2. The summed E-state index contributed by atoms with van der Waals surface area (Å²) in [6.45, 7) is 8.26. The van der Waals surface area contributed by atoms with E-state index in [0.717, 1.165) is 51.6 Å². The van der Waals surface area contributed by atoms with Gasteiger partial charge in [-0.25, -0.2) is 8.42 Å². The lowest BCUT2D eigenvalue weighted by atomic mass is 10.2. The van der Waals surface area contributed by atoms with Crippen molar-refractivity contribution < 1.29 is 13.2 Å². The van der Waals surface area contributed by atoms with Gasteiger partial charge >= 0.3 is 0 Å². The fourth-order valence-electron chi connectivity index (χ4n) is 3.46. The van der Waals surface area contributed by atoms with Gasteiger partial charge in [-0.1, -0.05) is 12.1 Å². The topological polar surface area (TPSA) is 56.3 Å². The third-order valence-corrected chi connectivity index (χ3v) is 6.48. The summed E-state index contributed by atoms with van der Waals surface area (Å²) in [5, 5.41) is 0. The number of hydrogen-bond acceptors (Lipinski definition) is 6. The van der Waals surface area contributed by atoms with Gasteiger partial charge in [0.2, 0.25) is 10.0 Å². The first kappa shape index (κ1) is 19.4. The van der Waals surface area contributed by atoms with E-state index in [9.17, 15) is 8.42 Å². The molecule has 0 atom stereocenters. The first-order valence-electron chi connectivity index (χ1n) is 9.26.